The minimum absolute atomic E-state index is 0.00198. The zero-order chi connectivity index (χ0) is 19.5. The summed E-state index contributed by atoms with van der Waals surface area (Å²) in [5.41, 5.74) is 3.95. The van der Waals surface area contributed by atoms with Gasteiger partial charge in [0.15, 0.2) is 5.13 Å². The fourth-order valence-electron chi connectivity index (χ4n) is 2.91. The lowest BCUT2D eigenvalue weighted by Gasteiger charge is -2.20. The summed E-state index contributed by atoms with van der Waals surface area (Å²) in [7, 11) is 0. The Hall–Kier alpha value is -2.76. The number of fused-ring (bicyclic) bond motifs is 1. The molecule has 0 saturated heterocycles. The Bertz CT molecular complexity index is 1110. The molecule has 0 aliphatic rings. The van der Waals surface area contributed by atoms with Gasteiger partial charge in [-0.1, -0.05) is 58.8 Å². The Kier molecular flexibility index (Phi) is 5.37. The van der Waals surface area contributed by atoms with Gasteiger partial charge in [-0.05, 0) is 42.3 Å². The van der Waals surface area contributed by atoms with Crippen molar-refractivity contribution in [1.82, 2.24) is 9.97 Å². The fourth-order valence-corrected chi connectivity index (χ4v) is 4.17. The first-order valence-electron chi connectivity index (χ1n) is 8.89. The van der Waals surface area contributed by atoms with Crippen LogP contribution in [0.15, 0.2) is 67.0 Å². The summed E-state index contributed by atoms with van der Waals surface area (Å²) in [4.78, 5) is 23.8. The number of amides is 1. The van der Waals surface area contributed by atoms with E-state index in [1.807, 2.05) is 61.5 Å². The number of hydrogen-bond donors (Lipinski definition) is 0. The van der Waals surface area contributed by atoms with Crippen molar-refractivity contribution in [3.63, 3.8) is 0 Å². The van der Waals surface area contributed by atoms with Crippen molar-refractivity contribution >= 4 is 44.2 Å². The number of halogens is 1. The number of aryl methyl sites for hydroxylation is 1. The van der Waals surface area contributed by atoms with Crippen LogP contribution in [0.1, 0.15) is 16.7 Å². The molecule has 0 aliphatic carbocycles. The van der Waals surface area contributed by atoms with Crippen molar-refractivity contribution in [2.45, 2.75) is 19.9 Å². The summed E-state index contributed by atoms with van der Waals surface area (Å²) >= 11 is 7.58. The maximum atomic E-state index is 13.2. The highest BCUT2D eigenvalue weighted by Crippen LogP contribution is 2.32. The highest BCUT2D eigenvalue weighted by Gasteiger charge is 2.21. The molecule has 0 radical (unpaired) electrons. The SMILES string of the molecule is Cc1ccc(CC(=O)N(Cc2cccnc2)c2nc3ccc(Cl)cc3s2)cc1. The van der Waals surface area contributed by atoms with E-state index in [9.17, 15) is 4.79 Å². The molecule has 6 heteroatoms. The molecule has 4 rings (SSSR count). The van der Waals surface area contributed by atoms with E-state index < -0.39 is 0 Å². The highest BCUT2D eigenvalue weighted by atomic mass is 35.5. The minimum Gasteiger partial charge on any atom is -0.283 e. The summed E-state index contributed by atoms with van der Waals surface area (Å²) in [5, 5.41) is 1.32. The van der Waals surface area contributed by atoms with E-state index in [1.54, 1.807) is 17.3 Å². The molecule has 0 unspecified atom stereocenters. The first-order valence-corrected chi connectivity index (χ1v) is 10.1. The lowest BCUT2D eigenvalue weighted by atomic mass is 10.1. The third-order valence-electron chi connectivity index (χ3n) is 4.41. The molecular weight excluding hydrogens is 390 g/mol. The molecule has 0 N–H and O–H groups in total. The van der Waals surface area contributed by atoms with Crippen LogP contribution in [0.4, 0.5) is 5.13 Å². The monoisotopic (exact) mass is 407 g/mol. The molecule has 28 heavy (non-hydrogen) atoms. The summed E-state index contributed by atoms with van der Waals surface area (Å²) in [6, 6.07) is 17.4. The number of nitrogens with zero attached hydrogens (tertiary/aromatic N) is 3. The first kappa shape index (κ1) is 18.6. The molecule has 0 atom stereocenters. The molecule has 2 heterocycles. The standard InChI is InChI=1S/C22H18ClN3OS/c1-15-4-6-16(7-5-15)11-21(27)26(14-17-3-2-10-24-13-17)22-25-19-9-8-18(23)12-20(19)28-22/h2-10,12-13H,11,14H2,1H3. The second-order valence-corrected chi connectivity index (χ2v) is 8.06. The molecule has 4 aromatic rings. The predicted molar refractivity (Wildman–Crippen MR) is 115 cm³/mol. The Labute approximate surface area is 172 Å². The Morgan fingerprint density at radius 2 is 1.93 bits per heavy atom. The minimum atomic E-state index is -0.00198. The van der Waals surface area contributed by atoms with Crippen molar-refractivity contribution in [1.29, 1.82) is 0 Å². The van der Waals surface area contributed by atoms with E-state index in [2.05, 4.69) is 9.97 Å². The van der Waals surface area contributed by atoms with Crippen LogP contribution in [0.2, 0.25) is 5.02 Å². The second kappa shape index (κ2) is 8.09. The first-order chi connectivity index (χ1) is 13.6. The van der Waals surface area contributed by atoms with Crippen LogP contribution in [0, 0.1) is 6.92 Å². The topological polar surface area (TPSA) is 46.1 Å². The fraction of sp³-hybridized carbons (Fsp3) is 0.136. The van der Waals surface area contributed by atoms with Gasteiger partial charge in [-0.15, -0.1) is 0 Å². The van der Waals surface area contributed by atoms with Gasteiger partial charge in [-0.2, -0.15) is 0 Å². The lowest BCUT2D eigenvalue weighted by molar-refractivity contribution is -0.118. The maximum absolute atomic E-state index is 13.2. The predicted octanol–water partition coefficient (Wildman–Crippen LogP) is 5.43. The molecular formula is C22H18ClN3OS. The Morgan fingerprint density at radius 3 is 2.68 bits per heavy atom. The second-order valence-electron chi connectivity index (χ2n) is 6.61. The van der Waals surface area contributed by atoms with Crippen LogP contribution in [0.5, 0.6) is 0 Å². The molecule has 0 aliphatic heterocycles. The smallest absolute Gasteiger partial charge is 0.233 e. The van der Waals surface area contributed by atoms with Crippen molar-refractivity contribution in [3.8, 4) is 0 Å². The number of anilines is 1. The summed E-state index contributed by atoms with van der Waals surface area (Å²) in [5.74, 6) is -0.00198. The van der Waals surface area contributed by atoms with Crippen LogP contribution in [0.25, 0.3) is 10.2 Å². The summed E-state index contributed by atoms with van der Waals surface area (Å²) in [6.45, 7) is 2.46. The van der Waals surface area contributed by atoms with E-state index in [1.165, 1.54) is 16.9 Å². The van der Waals surface area contributed by atoms with E-state index in [4.69, 9.17) is 11.6 Å². The number of carbonyl (C=O) groups is 1. The van der Waals surface area contributed by atoms with Crippen molar-refractivity contribution in [3.05, 3.63) is 88.7 Å². The molecule has 0 spiro atoms. The average molecular weight is 408 g/mol. The van der Waals surface area contributed by atoms with E-state index in [0.717, 1.165) is 21.3 Å². The third kappa shape index (κ3) is 4.21. The summed E-state index contributed by atoms with van der Waals surface area (Å²) < 4.78 is 0.960. The normalized spacial score (nSPS) is 10.9. The number of hydrogen-bond acceptors (Lipinski definition) is 4. The molecule has 0 bridgehead atoms. The largest absolute Gasteiger partial charge is 0.283 e. The molecule has 2 aromatic carbocycles. The number of thiazole rings is 1. The summed E-state index contributed by atoms with van der Waals surface area (Å²) in [6.07, 6.45) is 3.81. The molecule has 0 fully saturated rings. The van der Waals surface area contributed by atoms with Crippen LogP contribution in [0.3, 0.4) is 0 Å². The molecule has 2 aromatic heterocycles. The third-order valence-corrected chi connectivity index (χ3v) is 5.69. The van der Waals surface area contributed by atoms with Gasteiger partial charge in [0.1, 0.15) is 0 Å². The van der Waals surface area contributed by atoms with Gasteiger partial charge in [-0.3, -0.25) is 14.7 Å². The number of benzene rings is 2. The van der Waals surface area contributed by atoms with E-state index >= 15 is 0 Å². The number of pyridine rings is 1. The van der Waals surface area contributed by atoms with Gasteiger partial charge in [-0.25, -0.2) is 4.98 Å². The highest BCUT2D eigenvalue weighted by molar-refractivity contribution is 7.22. The molecule has 1 amide bonds. The van der Waals surface area contributed by atoms with Crippen molar-refractivity contribution in [2.75, 3.05) is 4.90 Å². The lowest BCUT2D eigenvalue weighted by Crippen LogP contribution is -2.31. The van der Waals surface area contributed by atoms with Crippen molar-refractivity contribution < 1.29 is 4.79 Å². The van der Waals surface area contributed by atoms with Gasteiger partial charge in [0.05, 0.1) is 23.2 Å². The zero-order valence-corrected chi connectivity index (χ0v) is 16.9. The van der Waals surface area contributed by atoms with Gasteiger partial charge in [0.25, 0.3) is 0 Å². The molecule has 0 saturated carbocycles. The molecule has 140 valence electrons. The average Bonchev–Trinajstić information content (AvgIpc) is 3.11. The Morgan fingerprint density at radius 1 is 1.11 bits per heavy atom. The van der Waals surface area contributed by atoms with Gasteiger partial charge in [0, 0.05) is 17.4 Å². The van der Waals surface area contributed by atoms with Crippen LogP contribution < -0.4 is 4.90 Å². The van der Waals surface area contributed by atoms with Gasteiger partial charge < -0.3 is 0 Å². The number of carbonyl (C=O) groups excluding carboxylic acids is 1. The van der Waals surface area contributed by atoms with Crippen LogP contribution >= 0.6 is 22.9 Å². The molecule has 4 nitrogen and oxygen atoms in total. The van der Waals surface area contributed by atoms with Gasteiger partial charge >= 0.3 is 0 Å². The zero-order valence-electron chi connectivity index (χ0n) is 15.3. The number of rotatable bonds is 5. The maximum Gasteiger partial charge on any atom is 0.233 e. The quantitative estimate of drug-likeness (QED) is 0.443. The van der Waals surface area contributed by atoms with Crippen LogP contribution in [-0.2, 0) is 17.8 Å². The van der Waals surface area contributed by atoms with Crippen molar-refractivity contribution in [2.24, 2.45) is 0 Å². The van der Waals surface area contributed by atoms with Crippen LogP contribution in [-0.4, -0.2) is 15.9 Å². The number of aromatic nitrogens is 2. The van der Waals surface area contributed by atoms with Gasteiger partial charge in [0.2, 0.25) is 5.91 Å². The van der Waals surface area contributed by atoms with E-state index in [-0.39, 0.29) is 5.91 Å². The Balaban J connectivity index is 1.67. The van der Waals surface area contributed by atoms with E-state index in [0.29, 0.717) is 23.1 Å².